The van der Waals surface area contributed by atoms with E-state index in [-0.39, 0.29) is 22.8 Å². The lowest BCUT2D eigenvalue weighted by Gasteiger charge is -2.34. The van der Waals surface area contributed by atoms with Crippen molar-refractivity contribution in [3.05, 3.63) is 46.0 Å². The zero-order valence-electron chi connectivity index (χ0n) is 11.9. The Bertz CT molecular complexity index is 492. The first-order chi connectivity index (χ1) is 9.56. The largest absolute Gasteiger partial charge is 0.373 e. The van der Waals surface area contributed by atoms with Crippen LogP contribution in [0.1, 0.15) is 19.4 Å². The lowest BCUT2D eigenvalue weighted by Crippen LogP contribution is -2.45. The van der Waals surface area contributed by atoms with Crippen molar-refractivity contribution in [3.63, 3.8) is 0 Å². The van der Waals surface area contributed by atoms with Crippen LogP contribution in [-0.2, 0) is 4.74 Å². The Morgan fingerprint density at radius 2 is 2.00 bits per heavy atom. The van der Waals surface area contributed by atoms with Gasteiger partial charge in [0.1, 0.15) is 0 Å². The minimum absolute atomic E-state index is 0.146. The van der Waals surface area contributed by atoms with E-state index in [0.29, 0.717) is 5.56 Å². The minimum atomic E-state index is -0.349. The molecule has 2 atom stereocenters. The summed E-state index contributed by atoms with van der Waals surface area (Å²) in [5, 5.41) is 10.9. The van der Waals surface area contributed by atoms with E-state index in [9.17, 15) is 10.1 Å². The minimum Gasteiger partial charge on any atom is -0.373 e. The van der Waals surface area contributed by atoms with Crippen LogP contribution in [0.4, 0.5) is 5.69 Å². The van der Waals surface area contributed by atoms with Gasteiger partial charge in [0, 0.05) is 25.7 Å². The van der Waals surface area contributed by atoms with Crippen LogP contribution in [-0.4, -0.2) is 41.7 Å². The van der Waals surface area contributed by atoms with Crippen molar-refractivity contribution < 1.29 is 9.66 Å². The zero-order chi connectivity index (χ0) is 14.5. The molecule has 1 heterocycles. The van der Waals surface area contributed by atoms with E-state index < -0.39 is 0 Å². The third-order valence-corrected chi connectivity index (χ3v) is 3.29. The Morgan fingerprint density at radius 3 is 2.65 bits per heavy atom. The predicted molar refractivity (Wildman–Crippen MR) is 78.6 cm³/mol. The standard InChI is InChI=1S/C15H20N2O3/c1-12-10-16(11-13(2)20-12)9-5-7-14-6-3-4-8-15(14)17(18)19/h3-8,12-13H,9-11H2,1-2H3/b7-5+/t12-,13+. The Hall–Kier alpha value is -1.72. The monoisotopic (exact) mass is 276 g/mol. The van der Waals surface area contributed by atoms with Gasteiger partial charge in [-0.1, -0.05) is 24.3 Å². The number of para-hydroxylation sites is 1. The summed E-state index contributed by atoms with van der Waals surface area (Å²) in [4.78, 5) is 12.9. The number of ether oxygens (including phenoxy) is 1. The van der Waals surface area contributed by atoms with Gasteiger partial charge < -0.3 is 4.74 Å². The van der Waals surface area contributed by atoms with Crippen molar-refractivity contribution in [2.45, 2.75) is 26.1 Å². The molecule has 0 aromatic heterocycles. The maximum Gasteiger partial charge on any atom is 0.276 e. The van der Waals surface area contributed by atoms with E-state index in [1.54, 1.807) is 12.1 Å². The topological polar surface area (TPSA) is 55.6 Å². The molecule has 0 radical (unpaired) electrons. The molecule has 0 spiro atoms. The second-order valence-electron chi connectivity index (χ2n) is 5.19. The number of hydrogen-bond donors (Lipinski definition) is 0. The van der Waals surface area contributed by atoms with Crippen molar-refractivity contribution >= 4 is 11.8 Å². The fraction of sp³-hybridized carbons (Fsp3) is 0.467. The molecule has 0 aliphatic carbocycles. The molecule has 1 fully saturated rings. The second kappa shape index (κ2) is 6.63. The van der Waals surface area contributed by atoms with Crippen molar-refractivity contribution in [3.8, 4) is 0 Å². The van der Waals surface area contributed by atoms with Gasteiger partial charge in [-0.2, -0.15) is 0 Å². The van der Waals surface area contributed by atoms with Gasteiger partial charge in [-0.3, -0.25) is 15.0 Å². The number of nitro benzene ring substituents is 1. The number of benzene rings is 1. The van der Waals surface area contributed by atoms with Crippen LogP contribution >= 0.6 is 0 Å². The van der Waals surface area contributed by atoms with Gasteiger partial charge in [-0.25, -0.2) is 0 Å². The first-order valence-corrected chi connectivity index (χ1v) is 6.84. The number of morpholine rings is 1. The van der Waals surface area contributed by atoms with Crippen LogP contribution in [0.3, 0.4) is 0 Å². The van der Waals surface area contributed by atoms with Crippen LogP contribution in [0.2, 0.25) is 0 Å². The maximum atomic E-state index is 10.9. The maximum absolute atomic E-state index is 10.9. The van der Waals surface area contributed by atoms with E-state index in [1.807, 2.05) is 18.2 Å². The molecule has 1 aliphatic heterocycles. The Balaban J connectivity index is 1.98. The molecule has 5 nitrogen and oxygen atoms in total. The molecule has 0 saturated carbocycles. The van der Waals surface area contributed by atoms with Gasteiger partial charge in [0.2, 0.25) is 0 Å². The predicted octanol–water partition coefficient (Wildman–Crippen LogP) is 2.72. The number of hydrogen-bond acceptors (Lipinski definition) is 4. The summed E-state index contributed by atoms with van der Waals surface area (Å²) in [7, 11) is 0. The molecular weight excluding hydrogens is 256 g/mol. The average Bonchev–Trinajstić information content (AvgIpc) is 2.38. The first kappa shape index (κ1) is 14.7. The van der Waals surface area contributed by atoms with E-state index in [4.69, 9.17) is 4.74 Å². The van der Waals surface area contributed by atoms with E-state index in [1.165, 1.54) is 6.07 Å². The van der Waals surface area contributed by atoms with Gasteiger partial charge in [0.15, 0.2) is 0 Å². The summed E-state index contributed by atoms with van der Waals surface area (Å²) >= 11 is 0. The summed E-state index contributed by atoms with van der Waals surface area (Å²) in [6, 6.07) is 6.78. The Kier molecular flexibility index (Phi) is 4.87. The summed E-state index contributed by atoms with van der Waals surface area (Å²) < 4.78 is 5.68. The molecular formula is C15H20N2O3. The molecule has 1 aromatic rings. The highest BCUT2D eigenvalue weighted by atomic mass is 16.6. The highest BCUT2D eigenvalue weighted by molar-refractivity contribution is 5.60. The van der Waals surface area contributed by atoms with Crippen LogP contribution in [0.25, 0.3) is 6.08 Å². The fourth-order valence-corrected chi connectivity index (χ4v) is 2.56. The number of nitrogens with zero attached hydrogens (tertiary/aromatic N) is 2. The highest BCUT2D eigenvalue weighted by Crippen LogP contribution is 2.19. The van der Waals surface area contributed by atoms with Gasteiger partial charge in [-0.05, 0) is 19.9 Å². The van der Waals surface area contributed by atoms with Crippen molar-refractivity contribution in [2.75, 3.05) is 19.6 Å². The van der Waals surface area contributed by atoms with Crippen LogP contribution in [0.15, 0.2) is 30.3 Å². The summed E-state index contributed by atoms with van der Waals surface area (Å²) in [6.45, 7) is 6.70. The summed E-state index contributed by atoms with van der Waals surface area (Å²) in [5.41, 5.74) is 0.791. The molecule has 1 aliphatic rings. The van der Waals surface area contributed by atoms with Gasteiger partial charge in [0.05, 0.1) is 22.7 Å². The third kappa shape index (κ3) is 3.88. The smallest absolute Gasteiger partial charge is 0.276 e. The molecule has 5 heteroatoms. The normalized spacial score (nSPS) is 24.1. The van der Waals surface area contributed by atoms with Crippen molar-refractivity contribution in [1.29, 1.82) is 0 Å². The molecule has 1 aromatic carbocycles. The van der Waals surface area contributed by atoms with Crippen molar-refractivity contribution in [2.24, 2.45) is 0 Å². The molecule has 0 amide bonds. The first-order valence-electron chi connectivity index (χ1n) is 6.84. The Labute approximate surface area is 119 Å². The number of nitro groups is 1. The molecule has 0 unspecified atom stereocenters. The lowest BCUT2D eigenvalue weighted by molar-refractivity contribution is -0.385. The van der Waals surface area contributed by atoms with Crippen LogP contribution < -0.4 is 0 Å². The molecule has 2 rings (SSSR count). The fourth-order valence-electron chi connectivity index (χ4n) is 2.56. The quantitative estimate of drug-likeness (QED) is 0.626. The molecule has 0 N–H and O–H groups in total. The van der Waals surface area contributed by atoms with Crippen molar-refractivity contribution in [1.82, 2.24) is 4.90 Å². The summed E-state index contributed by atoms with van der Waals surface area (Å²) in [5.74, 6) is 0. The van der Waals surface area contributed by atoms with Crippen LogP contribution in [0, 0.1) is 10.1 Å². The van der Waals surface area contributed by atoms with Gasteiger partial charge in [-0.15, -0.1) is 0 Å². The van der Waals surface area contributed by atoms with Gasteiger partial charge in [0.25, 0.3) is 5.69 Å². The number of rotatable bonds is 4. The SMILES string of the molecule is C[C@@H]1CN(C/C=C/c2ccccc2[N+](=O)[O-])C[C@H](C)O1. The summed E-state index contributed by atoms with van der Waals surface area (Å²) in [6.07, 6.45) is 4.27. The molecule has 1 saturated heterocycles. The lowest BCUT2D eigenvalue weighted by atomic mass is 10.1. The zero-order valence-corrected chi connectivity index (χ0v) is 11.9. The molecule has 0 bridgehead atoms. The van der Waals surface area contributed by atoms with E-state index in [0.717, 1.165) is 19.6 Å². The van der Waals surface area contributed by atoms with E-state index in [2.05, 4.69) is 18.7 Å². The third-order valence-electron chi connectivity index (χ3n) is 3.29. The second-order valence-corrected chi connectivity index (χ2v) is 5.19. The molecule has 108 valence electrons. The Morgan fingerprint density at radius 1 is 1.35 bits per heavy atom. The highest BCUT2D eigenvalue weighted by Gasteiger charge is 2.20. The average molecular weight is 276 g/mol. The molecule has 20 heavy (non-hydrogen) atoms. The van der Waals surface area contributed by atoms with Gasteiger partial charge >= 0.3 is 0 Å². The van der Waals surface area contributed by atoms with E-state index >= 15 is 0 Å². The van der Waals surface area contributed by atoms with Crippen LogP contribution in [0.5, 0.6) is 0 Å².